The quantitative estimate of drug-likeness (QED) is 0.945. The molecule has 1 fully saturated rings. The van der Waals surface area contributed by atoms with Crippen LogP contribution in [0.5, 0.6) is 0 Å². The fourth-order valence-electron chi connectivity index (χ4n) is 2.39. The molecule has 21 heavy (non-hydrogen) atoms. The molecular formula is C15H14N2O3S. The molecule has 0 saturated carbocycles. The molecule has 0 spiro atoms. The number of rotatable bonds is 3. The predicted molar refractivity (Wildman–Crippen MR) is 79.2 cm³/mol. The predicted octanol–water partition coefficient (Wildman–Crippen LogP) is 2.36. The van der Waals surface area contributed by atoms with Gasteiger partial charge in [-0.2, -0.15) is 0 Å². The smallest absolute Gasteiger partial charge is 0.308 e. The molecule has 6 heteroatoms. The first kappa shape index (κ1) is 13.8. The van der Waals surface area contributed by atoms with Crippen molar-refractivity contribution in [1.29, 1.82) is 0 Å². The number of carboxylic acids is 1. The molecule has 0 bridgehead atoms. The topological polar surface area (TPSA) is 70.5 Å². The van der Waals surface area contributed by atoms with Gasteiger partial charge in [-0.25, -0.2) is 4.98 Å². The zero-order valence-electron chi connectivity index (χ0n) is 11.2. The van der Waals surface area contributed by atoms with E-state index in [9.17, 15) is 9.59 Å². The maximum Gasteiger partial charge on any atom is 0.308 e. The summed E-state index contributed by atoms with van der Waals surface area (Å²) in [4.78, 5) is 29.8. The molecule has 1 aromatic heterocycles. The summed E-state index contributed by atoms with van der Waals surface area (Å²) in [5, 5.41) is 9.79. The zero-order chi connectivity index (χ0) is 14.8. The summed E-state index contributed by atoms with van der Waals surface area (Å²) in [6.45, 7) is 0.779. The van der Waals surface area contributed by atoms with Crippen LogP contribution in [0, 0.1) is 5.92 Å². The molecule has 1 N–H and O–H groups in total. The minimum atomic E-state index is -0.834. The Labute approximate surface area is 125 Å². The number of carbonyl (C=O) groups excluding carboxylic acids is 1. The molecular weight excluding hydrogens is 288 g/mol. The molecule has 1 aliphatic heterocycles. The van der Waals surface area contributed by atoms with Crippen LogP contribution in [0.15, 0.2) is 36.5 Å². The highest BCUT2D eigenvalue weighted by Crippen LogP contribution is 2.27. The first-order chi connectivity index (χ1) is 10.1. The van der Waals surface area contributed by atoms with Gasteiger partial charge in [-0.1, -0.05) is 30.3 Å². The number of benzene rings is 1. The van der Waals surface area contributed by atoms with Crippen LogP contribution in [0.25, 0.3) is 10.6 Å². The fraction of sp³-hybridized carbons (Fsp3) is 0.267. The Morgan fingerprint density at radius 1 is 1.29 bits per heavy atom. The van der Waals surface area contributed by atoms with Crippen LogP contribution in [-0.2, 0) is 4.79 Å². The molecule has 3 rings (SSSR count). The van der Waals surface area contributed by atoms with E-state index < -0.39 is 11.9 Å². The lowest BCUT2D eigenvalue weighted by atomic mass is 10.1. The number of thiazole rings is 1. The summed E-state index contributed by atoms with van der Waals surface area (Å²) in [5.41, 5.74) is 0.978. The minimum Gasteiger partial charge on any atom is -0.481 e. The Morgan fingerprint density at radius 3 is 2.71 bits per heavy atom. The van der Waals surface area contributed by atoms with Crippen molar-refractivity contribution in [1.82, 2.24) is 9.88 Å². The average molecular weight is 302 g/mol. The van der Waals surface area contributed by atoms with Gasteiger partial charge in [0.25, 0.3) is 5.91 Å². The van der Waals surface area contributed by atoms with Gasteiger partial charge in [0.2, 0.25) is 0 Å². The Bertz CT molecular complexity index is 669. The van der Waals surface area contributed by atoms with Gasteiger partial charge < -0.3 is 10.0 Å². The SMILES string of the molecule is O=C(O)C1CCN(C(=O)c2cnc(-c3ccccc3)s2)C1. The summed E-state index contributed by atoms with van der Waals surface area (Å²) in [7, 11) is 0. The van der Waals surface area contributed by atoms with E-state index in [4.69, 9.17) is 5.11 Å². The maximum atomic E-state index is 12.4. The molecule has 0 aliphatic carbocycles. The number of likely N-dealkylation sites (tertiary alicyclic amines) is 1. The van der Waals surface area contributed by atoms with E-state index in [0.717, 1.165) is 10.6 Å². The lowest BCUT2D eigenvalue weighted by molar-refractivity contribution is -0.141. The van der Waals surface area contributed by atoms with E-state index in [2.05, 4.69) is 4.98 Å². The van der Waals surface area contributed by atoms with Crippen molar-refractivity contribution in [2.45, 2.75) is 6.42 Å². The van der Waals surface area contributed by atoms with E-state index in [1.165, 1.54) is 11.3 Å². The van der Waals surface area contributed by atoms with Crippen molar-refractivity contribution < 1.29 is 14.7 Å². The van der Waals surface area contributed by atoms with Crippen LogP contribution in [0.2, 0.25) is 0 Å². The first-order valence-corrected chi connectivity index (χ1v) is 7.50. The lowest BCUT2D eigenvalue weighted by Gasteiger charge is -2.13. The van der Waals surface area contributed by atoms with Crippen molar-refractivity contribution in [3.05, 3.63) is 41.4 Å². The van der Waals surface area contributed by atoms with Crippen LogP contribution >= 0.6 is 11.3 Å². The van der Waals surface area contributed by atoms with Crippen LogP contribution in [0.3, 0.4) is 0 Å². The summed E-state index contributed by atoms with van der Waals surface area (Å²) in [5.74, 6) is -1.41. The number of hydrogen-bond donors (Lipinski definition) is 1. The third-order valence-corrected chi connectivity index (χ3v) is 4.60. The van der Waals surface area contributed by atoms with Crippen LogP contribution in [0.1, 0.15) is 16.1 Å². The number of carboxylic acid groups (broad SMARTS) is 1. The van der Waals surface area contributed by atoms with Crippen LogP contribution < -0.4 is 0 Å². The van der Waals surface area contributed by atoms with Gasteiger partial charge in [0, 0.05) is 18.7 Å². The molecule has 2 aromatic rings. The Hall–Kier alpha value is -2.21. The van der Waals surface area contributed by atoms with Gasteiger partial charge >= 0.3 is 5.97 Å². The van der Waals surface area contributed by atoms with Gasteiger partial charge in [-0.15, -0.1) is 11.3 Å². The second-order valence-electron chi connectivity index (χ2n) is 4.97. The van der Waals surface area contributed by atoms with Crippen molar-refractivity contribution in [2.75, 3.05) is 13.1 Å². The van der Waals surface area contributed by atoms with E-state index in [-0.39, 0.29) is 12.5 Å². The molecule has 1 amide bonds. The number of aromatic nitrogens is 1. The van der Waals surface area contributed by atoms with Crippen molar-refractivity contribution in [3.8, 4) is 10.6 Å². The maximum absolute atomic E-state index is 12.4. The monoisotopic (exact) mass is 302 g/mol. The lowest BCUT2D eigenvalue weighted by Crippen LogP contribution is -2.29. The number of hydrogen-bond acceptors (Lipinski definition) is 4. The molecule has 0 radical (unpaired) electrons. The van der Waals surface area contributed by atoms with E-state index >= 15 is 0 Å². The van der Waals surface area contributed by atoms with Gasteiger partial charge in [0.1, 0.15) is 9.88 Å². The highest BCUT2D eigenvalue weighted by Gasteiger charge is 2.32. The van der Waals surface area contributed by atoms with E-state index in [0.29, 0.717) is 17.8 Å². The second kappa shape index (κ2) is 5.65. The molecule has 1 saturated heterocycles. The Morgan fingerprint density at radius 2 is 2.05 bits per heavy atom. The van der Waals surface area contributed by atoms with E-state index in [1.807, 2.05) is 30.3 Å². The highest BCUT2D eigenvalue weighted by molar-refractivity contribution is 7.16. The highest BCUT2D eigenvalue weighted by atomic mass is 32.1. The normalized spacial score (nSPS) is 17.9. The van der Waals surface area contributed by atoms with Crippen molar-refractivity contribution in [3.63, 3.8) is 0 Å². The summed E-state index contributed by atoms with van der Waals surface area (Å²) >= 11 is 1.34. The van der Waals surface area contributed by atoms with Crippen LogP contribution in [0.4, 0.5) is 0 Å². The number of amides is 1. The molecule has 1 aliphatic rings. The fourth-order valence-corrected chi connectivity index (χ4v) is 3.28. The summed E-state index contributed by atoms with van der Waals surface area (Å²) in [6, 6.07) is 9.68. The molecule has 1 unspecified atom stereocenters. The van der Waals surface area contributed by atoms with Crippen LogP contribution in [-0.4, -0.2) is 40.0 Å². The molecule has 1 atom stereocenters. The van der Waals surface area contributed by atoms with Gasteiger partial charge in [-0.3, -0.25) is 9.59 Å². The van der Waals surface area contributed by atoms with Crippen molar-refractivity contribution >= 4 is 23.2 Å². The number of nitrogens with zero attached hydrogens (tertiary/aromatic N) is 2. The Balaban J connectivity index is 1.75. The van der Waals surface area contributed by atoms with Gasteiger partial charge in [0.05, 0.1) is 12.1 Å². The molecule has 5 nitrogen and oxygen atoms in total. The third-order valence-electron chi connectivity index (χ3n) is 3.56. The van der Waals surface area contributed by atoms with Gasteiger partial charge in [0.15, 0.2) is 0 Å². The minimum absolute atomic E-state index is 0.126. The summed E-state index contributed by atoms with van der Waals surface area (Å²) < 4.78 is 0. The first-order valence-electron chi connectivity index (χ1n) is 6.68. The largest absolute Gasteiger partial charge is 0.481 e. The number of aliphatic carboxylic acids is 1. The Kier molecular flexibility index (Phi) is 3.70. The molecule has 2 heterocycles. The summed E-state index contributed by atoms with van der Waals surface area (Å²) in [6.07, 6.45) is 2.09. The third kappa shape index (κ3) is 2.80. The van der Waals surface area contributed by atoms with Gasteiger partial charge in [-0.05, 0) is 6.42 Å². The zero-order valence-corrected chi connectivity index (χ0v) is 12.0. The molecule has 108 valence electrons. The van der Waals surface area contributed by atoms with Crippen molar-refractivity contribution in [2.24, 2.45) is 5.92 Å². The second-order valence-corrected chi connectivity index (χ2v) is 6.00. The average Bonchev–Trinajstić information content (AvgIpc) is 3.17. The molecule has 1 aromatic carbocycles. The number of carbonyl (C=O) groups is 2. The van der Waals surface area contributed by atoms with E-state index in [1.54, 1.807) is 11.1 Å². The standard InChI is InChI=1S/C15H14N2O3S/c18-14(17-7-6-11(9-17)15(19)20)12-8-16-13(21-12)10-4-2-1-3-5-10/h1-5,8,11H,6-7,9H2,(H,19,20).